The molecular weight excluding hydrogens is 268 g/mol. The van der Waals surface area contributed by atoms with E-state index in [4.69, 9.17) is 9.47 Å². The van der Waals surface area contributed by atoms with Gasteiger partial charge < -0.3 is 14.4 Å². The number of carbonyl (C=O) groups is 1. The number of aromatic nitrogens is 1. The summed E-state index contributed by atoms with van der Waals surface area (Å²) in [4.78, 5) is 18.6. The van der Waals surface area contributed by atoms with Gasteiger partial charge in [0, 0.05) is 32.1 Å². The highest BCUT2D eigenvalue weighted by molar-refractivity contribution is 5.79. The second-order valence-corrected chi connectivity index (χ2v) is 6.21. The third-order valence-corrected chi connectivity index (χ3v) is 3.51. The fraction of sp³-hybridized carbons (Fsp3) is 0.625. The molecule has 0 spiro atoms. The number of carbonyl (C=O) groups excluding carboxylic acids is 1. The van der Waals surface area contributed by atoms with Crippen LogP contribution in [0.3, 0.4) is 0 Å². The zero-order valence-corrected chi connectivity index (χ0v) is 13.3. The molecule has 2 rings (SSSR count). The molecule has 1 aromatic heterocycles. The second kappa shape index (κ2) is 6.54. The summed E-state index contributed by atoms with van der Waals surface area (Å²) in [7, 11) is 1.65. The number of rotatable bonds is 4. The van der Waals surface area contributed by atoms with Crippen LogP contribution < -0.4 is 0 Å². The van der Waals surface area contributed by atoms with Gasteiger partial charge in [-0.3, -0.25) is 9.78 Å². The highest BCUT2D eigenvalue weighted by Gasteiger charge is 2.35. The molecular formula is C16H24N2O3. The Kier molecular flexibility index (Phi) is 4.96. The monoisotopic (exact) mass is 292 g/mol. The number of aryl methyl sites for hydroxylation is 1. The summed E-state index contributed by atoms with van der Waals surface area (Å²) in [6.07, 6.45) is 2.08. The van der Waals surface area contributed by atoms with Crippen LogP contribution in [0.5, 0.6) is 0 Å². The quantitative estimate of drug-likeness (QED) is 0.845. The smallest absolute Gasteiger partial charge is 0.227 e. The van der Waals surface area contributed by atoms with Crippen molar-refractivity contribution < 1.29 is 14.3 Å². The highest BCUT2D eigenvalue weighted by Crippen LogP contribution is 2.22. The lowest BCUT2D eigenvalue weighted by molar-refractivity contribution is -0.168. The van der Waals surface area contributed by atoms with Crippen molar-refractivity contribution in [2.24, 2.45) is 0 Å². The van der Waals surface area contributed by atoms with E-state index in [1.54, 1.807) is 13.3 Å². The molecule has 0 bridgehead atoms. The Balaban J connectivity index is 2.01. The molecule has 0 N–H and O–H groups in total. The molecule has 0 saturated carbocycles. The number of morpholine rings is 1. The summed E-state index contributed by atoms with van der Waals surface area (Å²) < 4.78 is 11.1. The Morgan fingerprint density at radius 1 is 1.52 bits per heavy atom. The maximum Gasteiger partial charge on any atom is 0.227 e. The first kappa shape index (κ1) is 15.9. The lowest BCUT2D eigenvalue weighted by Crippen LogP contribution is -2.56. The van der Waals surface area contributed by atoms with Gasteiger partial charge in [0.15, 0.2) is 0 Å². The van der Waals surface area contributed by atoms with Crippen LogP contribution in [0.15, 0.2) is 18.3 Å². The number of methoxy groups -OCH3 is 1. The Morgan fingerprint density at radius 2 is 2.29 bits per heavy atom. The van der Waals surface area contributed by atoms with E-state index in [-0.39, 0.29) is 17.6 Å². The fourth-order valence-electron chi connectivity index (χ4n) is 2.65. The summed E-state index contributed by atoms with van der Waals surface area (Å²) in [6, 6.07) is 3.89. The van der Waals surface area contributed by atoms with Gasteiger partial charge in [0.1, 0.15) is 0 Å². The number of nitrogens with zero attached hydrogens (tertiary/aromatic N) is 2. The van der Waals surface area contributed by atoms with E-state index in [1.807, 2.05) is 37.8 Å². The van der Waals surface area contributed by atoms with Crippen LogP contribution >= 0.6 is 0 Å². The lowest BCUT2D eigenvalue weighted by atomic mass is 10.0. The molecule has 5 nitrogen and oxygen atoms in total. The van der Waals surface area contributed by atoms with Crippen molar-refractivity contribution >= 4 is 5.91 Å². The van der Waals surface area contributed by atoms with Crippen molar-refractivity contribution in [3.05, 3.63) is 29.6 Å². The fourth-order valence-corrected chi connectivity index (χ4v) is 2.65. The third kappa shape index (κ3) is 4.51. The van der Waals surface area contributed by atoms with Crippen molar-refractivity contribution in [1.82, 2.24) is 9.88 Å². The molecule has 1 aliphatic heterocycles. The minimum absolute atomic E-state index is 0.0705. The van der Waals surface area contributed by atoms with Crippen molar-refractivity contribution in [2.45, 2.75) is 38.9 Å². The average Bonchev–Trinajstić information content (AvgIpc) is 2.40. The zero-order chi connectivity index (χ0) is 15.5. The van der Waals surface area contributed by atoms with Gasteiger partial charge in [0.25, 0.3) is 0 Å². The lowest BCUT2D eigenvalue weighted by Gasteiger charge is -2.42. The minimum atomic E-state index is -0.345. The second-order valence-electron chi connectivity index (χ2n) is 6.21. The normalized spacial score (nSPS) is 21.3. The van der Waals surface area contributed by atoms with E-state index in [1.165, 1.54) is 0 Å². The van der Waals surface area contributed by atoms with E-state index in [9.17, 15) is 4.79 Å². The first-order valence-electron chi connectivity index (χ1n) is 7.26. The first-order chi connectivity index (χ1) is 9.89. The highest BCUT2D eigenvalue weighted by atomic mass is 16.5. The molecule has 116 valence electrons. The Hall–Kier alpha value is -1.46. The van der Waals surface area contributed by atoms with Crippen LogP contribution in [-0.2, 0) is 20.7 Å². The molecule has 0 aromatic carbocycles. The number of hydrogen-bond donors (Lipinski definition) is 0. The Morgan fingerprint density at radius 3 is 2.90 bits per heavy atom. The van der Waals surface area contributed by atoms with Crippen molar-refractivity contribution in [1.29, 1.82) is 0 Å². The zero-order valence-electron chi connectivity index (χ0n) is 13.3. The van der Waals surface area contributed by atoms with Gasteiger partial charge >= 0.3 is 0 Å². The van der Waals surface area contributed by atoms with E-state index in [2.05, 4.69) is 4.98 Å². The van der Waals surface area contributed by atoms with Gasteiger partial charge in [-0.1, -0.05) is 6.07 Å². The van der Waals surface area contributed by atoms with Gasteiger partial charge in [-0.25, -0.2) is 0 Å². The number of pyridine rings is 1. The molecule has 21 heavy (non-hydrogen) atoms. The van der Waals surface area contributed by atoms with Crippen molar-refractivity contribution in [2.75, 3.05) is 26.8 Å². The van der Waals surface area contributed by atoms with Gasteiger partial charge in [0.2, 0.25) is 5.91 Å². The molecule has 1 aliphatic rings. The number of ether oxygens (including phenoxy) is 2. The molecule has 2 heterocycles. The van der Waals surface area contributed by atoms with Crippen LogP contribution in [0, 0.1) is 6.92 Å². The molecule has 1 aromatic rings. The van der Waals surface area contributed by atoms with Gasteiger partial charge in [-0.05, 0) is 32.4 Å². The van der Waals surface area contributed by atoms with Crippen LogP contribution in [0.1, 0.15) is 25.1 Å². The van der Waals surface area contributed by atoms with Crippen molar-refractivity contribution in [3.63, 3.8) is 0 Å². The molecule has 0 aliphatic carbocycles. The van der Waals surface area contributed by atoms with Gasteiger partial charge in [0.05, 0.1) is 24.7 Å². The number of amides is 1. The van der Waals surface area contributed by atoms with Gasteiger partial charge in [-0.2, -0.15) is 0 Å². The summed E-state index contributed by atoms with van der Waals surface area (Å²) in [5.41, 5.74) is 1.56. The largest absolute Gasteiger partial charge is 0.382 e. The molecule has 1 amide bonds. The van der Waals surface area contributed by atoms with Crippen LogP contribution in [-0.4, -0.2) is 54.3 Å². The molecule has 0 radical (unpaired) electrons. The Labute approximate surface area is 126 Å². The summed E-state index contributed by atoms with van der Waals surface area (Å²) in [6.45, 7) is 7.62. The molecule has 5 heteroatoms. The molecule has 1 unspecified atom stereocenters. The van der Waals surface area contributed by atoms with E-state index in [0.717, 1.165) is 11.3 Å². The van der Waals surface area contributed by atoms with Crippen LogP contribution in [0.25, 0.3) is 0 Å². The van der Waals surface area contributed by atoms with Gasteiger partial charge in [-0.15, -0.1) is 0 Å². The predicted octanol–water partition coefficient (Wildman–Crippen LogP) is 1.58. The first-order valence-corrected chi connectivity index (χ1v) is 7.26. The van der Waals surface area contributed by atoms with Crippen LogP contribution in [0.4, 0.5) is 0 Å². The molecule has 1 atom stereocenters. The maximum atomic E-state index is 12.5. The standard InChI is InChI=1S/C16H24N2O3/c1-12-5-6-13(8-17-12)7-15(19)18-9-14(10-20-4)21-16(2,3)11-18/h5-6,8,14H,7,9-11H2,1-4H3. The number of hydrogen-bond acceptors (Lipinski definition) is 4. The topological polar surface area (TPSA) is 51.7 Å². The SMILES string of the molecule is COCC1CN(C(=O)Cc2ccc(C)nc2)CC(C)(C)O1. The van der Waals surface area contributed by atoms with Crippen LogP contribution in [0.2, 0.25) is 0 Å². The summed E-state index contributed by atoms with van der Waals surface area (Å²) in [5, 5.41) is 0. The summed E-state index contributed by atoms with van der Waals surface area (Å²) >= 11 is 0. The Bertz CT molecular complexity index is 485. The summed E-state index contributed by atoms with van der Waals surface area (Å²) in [5.74, 6) is 0.109. The average molecular weight is 292 g/mol. The minimum Gasteiger partial charge on any atom is -0.382 e. The van der Waals surface area contributed by atoms with E-state index >= 15 is 0 Å². The molecule has 1 fully saturated rings. The van der Waals surface area contributed by atoms with Crippen molar-refractivity contribution in [3.8, 4) is 0 Å². The molecule has 1 saturated heterocycles. The van der Waals surface area contributed by atoms with E-state index in [0.29, 0.717) is 26.1 Å². The van der Waals surface area contributed by atoms with E-state index < -0.39 is 0 Å². The predicted molar refractivity (Wildman–Crippen MR) is 80.1 cm³/mol. The maximum absolute atomic E-state index is 12.5. The third-order valence-electron chi connectivity index (χ3n) is 3.51.